The van der Waals surface area contributed by atoms with Crippen LogP contribution in [0.15, 0.2) is 0 Å². The van der Waals surface area contributed by atoms with Crippen LogP contribution in [-0.4, -0.2) is 46.7 Å². The summed E-state index contributed by atoms with van der Waals surface area (Å²) in [7, 11) is 0. The van der Waals surface area contributed by atoms with Gasteiger partial charge in [-0.05, 0) is 38.8 Å². The summed E-state index contributed by atoms with van der Waals surface area (Å²) in [4.78, 5) is 14.6. The van der Waals surface area contributed by atoms with E-state index in [4.69, 9.17) is 5.73 Å². The molecule has 0 spiro atoms. The molecule has 4 heterocycles. The molecular formula is C12H19N5O. The second-order valence-corrected chi connectivity index (χ2v) is 5.33. The van der Waals surface area contributed by atoms with Crippen molar-refractivity contribution in [2.45, 2.75) is 25.8 Å². The normalized spacial score (nSPS) is 30.4. The summed E-state index contributed by atoms with van der Waals surface area (Å²) < 4.78 is 0. The second kappa shape index (κ2) is 4.28. The highest BCUT2D eigenvalue weighted by molar-refractivity contribution is 5.99. The maximum Gasteiger partial charge on any atom is 0.257 e. The molecule has 3 aliphatic heterocycles. The minimum atomic E-state index is -0.0995. The van der Waals surface area contributed by atoms with Crippen LogP contribution in [0.25, 0.3) is 0 Å². The lowest BCUT2D eigenvalue weighted by molar-refractivity contribution is 0.0620. The monoisotopic (exact) mass is 249 g/mol. The van der Waals surface area contributed by atoms with E-state index >= 15 is 0 Å². The number of hydrogen-bond acceptors (Lipinski definition) is 4. The van der Waals surface area contributed by atoms with Gasteiger partial charge in [-0.1, -0.05) is 0 Å². The van der Waals surface area contributed by atoms with E-state index in [2.05, 4.69) is 20.4 Å². The molecule has 0 aliphatic carbocycles. The third kappa shape index (κ3) is 1.86. The Hall–Kier alpha value is -1.56. The molecule has 0 saturated carbocycles. The number of rotatable bonds is 2. The molecule has 18 heavy (non-hydrogen) atoms. The van der Waals surface area contributed by atoms with E-state index < -0.39 is 0 Å². The number of amides is 1. The predicted octanol–water partition coefficient (Wildman–Crippen LogP) is 0.124. The van der Waals surface area contributed by atoms with E-state index in [1.807, 2.05) is 6.92 Å². The predicted molar refractivity (Wildman–Crippen MR) is 68.2 cm³/mol. The zero-order chi connectivity index (χ0) is 12.7. The number of nitrogens with two attached hydrogens (primary N) is 1. The molecule has 4 N–H and O–H groups in total. The summed E-state index contributed by atoms with van der Waals surface area (Å²) >= 11 is 0. The first-order valence-corrected chi connectivity index (χ1v) is 6.49. The number of fused-ring (bicyclic) bond motifs is 3. The zero-order valence-corrected chi connectivity index (χ0v) is 10.6. The van der Waals surface area contributed by atoms with Gasteiger partial charge < -0.3 is 16.0 Å². The molecular weight excluding hydrogens is 230 g/mol. The van der Waals surface area contributed by atoms with Crippen LogP contribution in [0.1, 0.15) is 28.9 Å². The van der Waals surface area contributed by atoms with Gasteiger partial charge in [0.05, 0.1) is 0 Å². The van der Waals surface area contributed by atoms with Crippen LogP contribution >= 0.6 is 0 Å². The summed E-state index contributed by atoms with van der Waals surface area (Å²) in [5.41, 5.74) is 6.93. The average Bonchev–Trinajstić information content (AvgIpc) is 2.70. The molecule has 1 aromatic heterocycles. The fourth-order valence-electron chi connectivity index (χ4n) is 3.10. The summed E-state index contributed by atoms with van der Waals surface area (Å²) in [6.07, 6.45) is 2.37. The van der Waals surface area contributed by atoms with Crippen LogP contribution < -0.4 is 11.1 Å². The lowest BCUT2D eigenvalue weighted by Crippen LogP contribution is -2.57. The number of hydrogen-bond donors (Lipinski definition) is 3. The molecule has 6 heteroatoms. The number of aromatic nitrogens is 2. The van der Waals surface area contributed by atoms with Gasteiger partial charge in [0.25, 0.3) is 5.91 Å². The lowest BCUT2D eigenvalue weighted by atomic mass is 9.84. The molecule has 1 amide bonds. The van der Waals surface area contributed by atoms with E-state index in [-0.39, 0.29) is 17.8 Å². The smallest absolute Gasteiger partial charge is 0.257 e. The number of piperidine rings is 3. The van der Waals surface area contributed by atoms with Crippen LogP contribution in [0.4, 0.5) is 5.82 Å². The number of nitrogens with one attached hydrogen (secondary N) is 2. The molecule has 1 aromatic rings. The number of nitrogen functional groups attached to an aromatic ring is 1. The number of carbonyl (C=O) groups is 1. The Morgan fingerprint density at radius 3 is 2.72 bits per heavy atom. The maximum absolute atomic E-state index is 12.2. The first-order valence-electron chi connectivity index (χ1n) is 6.49. The second-order valence-electron chi connectivity index (χ2n) is 5.33. The van der Waals surface area contributed by atoms with E-state index in [9.17, 15) is 4.79 Å². The summed E-state index contributed by atoms with van der Waals surface area (Å²) in [5, 5.41) is 9.72. The van der Waals surface area contributed by atoms with Gasteiger partial charge in [0.2, 0.25) is 0 Å². The fourth-order valence-corrected chi connectivity index (χ4v) is 3.10. The van der Waals surface area contributed by atoms with Gasteiger partial charge in [-0.3, -0.25) is 9.89 Å². The first-order chi connectivity index (χ1) is 8.65. The summed E-state index contributed by atoms with van der Waals surface area (Å²) in [6.45, 7) is 5.12. The minimum absolute atomic E-state index is 0.0995. The first kappa shape index (κ1) is 11.5. The molecule has 3 fully saturated rings. The Bertz CT molecular complexity index is 442. The van der Waals surface area contributed by atoms with E-state index in [0.717, 1.165) is 12.2 Å². The number of aromatic amines is 1. The highest BCUT2D eigenvalue weighted by Gasteiger charge is 2.35. The van der Waals surface area contributed by atoms with Crippen molar-refractivity contribution in [2.24, 2.45) is 5.92 Å². The van der Waals surface area contributed by atoms with Crippen molar-refractivity contribution in [3.05, 3.63) is 11.3 Å². The van der Waals surface area contributed by atoms with Gasteiger partial charge in [0.1, 0.15) is 5.56 Å². The molecule has 1 atom stereocenters. The molecule has 2 bridgehead atoms. The van der Waals surface area contributed by atoms with Gasteiger partial charge in [0.15, 0.2) is 5.82 Å². The van der Waals surface area contributed by atoms with Gasteiger partial charge in [-0.2, -0.15) is 5.10 Å². The highest BCUT2D eigenvalue weighted by atomic mass is 16.1. The molecule has 6 nitrogen and oxygen atoms in total. The van der Waals surface area contributed by atoms with E-state index in [1.165, 1.54) is 25.9 Å². The van der Waals surface area contributed by atoms with Gasteiger partial charge in [-0.15, -0.1) is 0 Å². The maximum atomic E-state index is 12.2. The molecule has 4 rings (SSSR count). The number of anilines is 1. The van der Waals surface area contributed by atoms with Gasteiger partial charge >= 0.3 is 0 Å². The van der Waals surface area contributed by atoms with Crippen molar-refractivity contribution < 1.29 is 4.79 Å². The molecule has 1 unspecified atom stereocenters. The van der Waals surface area contributed by atoms with Crippen molar-refractivity contribution in [1.29, 1.82) is 0 Å². The Morgan fingerprint density at radius 1 is 1.50 bits per heavy atom. The topological polar surface area (TPSA) is 87.0 Å². The minimum Gasteiger partial charge on any atom is -0.382 e. The SMILES string of the molecule is Cc1[nH]nc(N)c1C(=O)NC1CN2CCC1CC2. The fraction of sp³-hybridized carbons (Fsp3) is 0.667. The van der Waals surface area contributed by atoms with Crippen LogP contribution in [0.2, 0.25) is 0 Å². The Labute approximate surface area is 106 Å². The molecule has 0 aromatic carbocycles. The van der Waals surface area contributed by atoms with Crippen molar-refractivity contribution in [3.8, 4) is 0 Å². The summed E-state index contributed by atoms with van der Waals surface area (Å²) in [6, 6.07) is 0.258. The number of carbonyl (C=O) groups excluding carboxylic acids is 1. The van der Waals surface area contributed by atoms with Crippen LogP contribution in [0.3, 0.4) is 0 Å². The molecule has 3 saturated heterocycles. The quantitative estimate of drug-likeness (QED) is 0.695. The highest BCUT2D eigenvalue weighted by Crippen LogP contribution is 2.27. The lowest BCUT2D eigenvalue weighted by Gasteiger charge is -2.44. The van der Waals surface area contributed by atoms with E-state index in [1.54, 1.807) is 0 Å². The van der Waals surface area contributed by atoms with Gasteiger partial charge in [0, 0.05) is 18.3 Å². The van der Waals surface area contributed by atoms with Crippen LogP contribution in [0, 0.1) is 12.8 Å². The van der Waals surface area contributed by atoms with Crippen molar-refractivity contribution in [3.63, 3.8) is 0 Å². The Kier molecular flexibility index (Phi) is 2.74. The Morgan fingerprint density at radius 2 is 2.22 bits per heavy atom. The van der Waals surface area contributed by atoms with Gasteiger partial charge in [-0.25, -0.2) is 0 Å². The number of nitrogens with zero attached hydrogens (tertiary/aromatic N) is 2. The van der Waals surface area contributed by atoms with Crippen LogP contribution in [0.5, 0.6) is 0 Å². The Balaban J connectivity index is 1.72. The van der Waals surface area contributed by atoms with Crippen LogP contribution in [-0.2, 0) is 0 Å². The molecule has 3 aliphatic rings. The standard InChI is InChI=1S/C12H19N5O/c1-7-10(11(13)16-15-7)12(18)14-9-6-17-4-2-8(9)3-5-17/h8-9H,2-6H2,1H3,(H,14,18)(H3,13,15,16). The molecule has 98 valence electrons. The number of aryl methyl sites for hydroxylation is 1. The molecule has 0 radical (unpaired) electrons. The number of H-pyrrole nitrogens is 1. The third-order valence-corrected chi connectivity index (χ3v) is 4.17. The van der Waals surface area contributed by atoms with Crippen molar-refractivity contribution in [1.82, 2.24) is 20.4 Å². The summed E-state index contributed by atoms with van der Waals surface area (Å²) in [5.74, 6) is 0.802. The average molecular weight is 249 g/mol. The van der Waals surface area contributed by atoms with Crippen molar-refractivity contribution >= 4 is 11.7 Å². The third-order valence-electron chi connectivity index (χ3n) is 4.17. The largest absolute Gasteiger partial charge is 0.382 e. The van der Waals surface area contributed by atoms with E-state index in [0.29, 0.717) is 11.5 Å². The van der Waals surface area contributed by atoms with Crippen molar-refractivity contribution in [2.75, 3.05) is 25.4 Å². The zero-order valence-electron chi connectivity index (χ0n) is 10.6.